The fourth-order valence-electron chi connectivity index (χ4n) is 0.0635. The molecular formula is CH6N4O2. The Balaban J connectivity index is 3.35. The molecule has 0 spiro atoms. The zero-order valence-electron chi connectivity index (χ0n) is 3.47. The van der Waals surface area contributed by atoms with Crippen LogP contribution in [0, 0.1) is 0 Å². The molecule has 0 bridgehead atoms. The van der Waals surface area contributed by atoms with Crippen LogP contribution in [0.1, 0.15) is 0 Å². The van der Waals surface area contributed by atoms with Crippen LogP contribution in [0.25, 0.3) is 5.84 Å². The van der Waals surface area contributed by atoms with Crippen molar-refractivity contribution in [1.82, 2.24) is 0 Å². The highest BCUT2D eigenvalue weighted by Gasteiger charge is 2.02. The third-order valence-corrected chi connectivity index (χ3v) is 0.327. The maximum absolute atomic E-state index is 9.81. The molecule has 0 aliphatic heterocycles. The monoisotopic (exact) mass is 106 g/mol. The summed E-state index contributed by atoms with van der Waals surface area (Å²) in [5.41, 5.74) is 0. The van der Waals surface area contributed by atoms with Gasteiger partial charge >= 0.3 is 6.09 Å². The first-order chi connectivity index (χ1) is 3.18. The highest BCUT2D eigenvalue weighted by atomic mass is 16.7. The molecule has 0 aromatic rings. The van der Waals surface area contributed by atoms with E-state index in [-0.39, 0.29) is 0 Å². The SMILES string of the molecule is [NH-][NH+](N)C(=O)ON. The van der Waals surface area contributed by atoms with Crippen LogP contribution in [-0.2, 0) is 4.84 Å². The Morgan fingerprint density at radius 1 is 1.86 bits per heavy atom. The Kier molecular flexibility index (Phi) is 2.23. The predicted molar refractivity (Wildman–Crippen MR) is 20.1 cm³/mol. The predicted octanol–water partition coefficient (Wildman–Crippen LogP) is -2.28. The molecule has 0 fully saturated rings. The smallest absolute Gasteiger partial charge is 0.438 e. The van der Waals surface area contributed by atoms with E-state index in [1.807, 2.05) is 0 Å². The third kappa shape index (κ3) is 2.06. The number of carbonyl (C=O) groups excluding carboxylic acids is 1. The number of carbonyl (C=O) groups is 1. The Labute approximate surface area is 39.7 Å². The summed E-state index contributed by atoms with van der Waals surface area (Å²) in [5.74, 6) is 15.2. The van der Waals surface area contributed by atoms with Gasteiger partial charge in [-0.2, -0.15) is 16.5 Å². The summed E-state index contributed by atoms with van der Waals surface area (Å²) in [5, 5.41) is -0.692. The average Bonchev–Trinajstić information content (AvgIpc) is 1.65. The second-order valence-corrected chi connectivity index (χ2v) is 0.819. The molecule has 7 heavy (non-hydrogen) atoms. The zero-order valence-corrected chi connectivity index (χ0v) is 3.47. The van der Waals surface area contributed by atoms with Crippen LogP contribution in [0.3, 0.4) is 0 Å². The van der Waals surface area contributed by atoms with Gasteiger partial charge in [0.1, 0.15) is 0 Å². The number of amides is 1. The van der Waals surface area contributed by atoms with Crippen molar-refractivity contribution >= 4 is 6.09 Å². The number of hydrogen-bond acceptors (Lipinski definition) is 4. The number of hydrogen-bond donors (Lipinski definition) is 3. The Bertz CT molecular complexity index is 70.1. The summed E-state index contributed by atoms with van der Waals surface area (Å²) in [6.07, 6.45) is -1.01. The Morgan fingerprint density at radius 3 is 2.29 bits per heavy atom. The fourth-order valence-corrected chi connectivity index (χ4v) is 0.0635. The number of nitrogens with one attached hydrogen (secondary N) is 2. The standard InChI is InChI=1S/CH6N4O2/c2-5(3)1(6)7-4/h2,5H,3-4H2. The van der Waals surface area contributed by atoms with Gasteiger partial charge in [-0.1, -0.05) is 0 Å². The van der Waals surface area contributed by atoms with Crippen LogP contribution in [0.15, 0.2) is 0 Å². The van der Waals surface area contributed by atoms with E-state index in [0.29, 0.717) is 0 Å². The summed E-state index contributed by atoms with van der Waals surface area (Å²) < 4.78 is 0. The van der Waals surface area contributed by atoms with E-state index in [0.717, 1.165) is 0 Å². The topological polar surface area (TPSA) is 107 Å². The summed E-state index contributed by atoms with van der Waals surface area (Å²) in [4.78, 5) is 13.3. The van der Waals surface area contributed by atoms with Crippen LogP contribution in [0.4, 0.5) is 4.79 Å². The van der Waals surface area contributed by atoms with Crippen LogP contribution >= 0.6 is 0 Å². The first kappa shape index (κ1) is 6.31. The molecule has 0 aliphatic rings. The molecule has 0 saturated heterocycles. The minimum absolute atomic E-state index is 0.692. The van der Waals surface area contributed by atoms with Gasteiger partial charge < -0.3 is 10.7 Å². The molecule has 0 aromatic heterocycles. The van der Waals surface area contributed by atoms with Crippen molar-refractivity contribution < 1.29 is 14.8 Å². The van der Waals surface area contributed by atoms with Gasteiger partial charge in [0.2, 0.25) is 0 Å². The van der Waals surface area contributed by atoms with E-state index < -0.39 is 11.2 Å². The van der Waals surface area contributed by atoms with Gasteiger partial charge in [-0.05, 0) is 0 Å². The summed E-state index contributed by atoms with van der Waals surface area (Å²) in [6, 6.07) is 0. The van der Waals surface area contributed by atoms with Crippen LogP contribution in [-0.4, -0.2) is 6.09 Å². The Morgan fingerprint density at radius 2 is 2.29 bits per heavy atom. The minimum atomic E-state index is -1.01. The molecule has 0 heterocycles. The molecule has 6 nitrogen and oxygen atoms in total. The quantitative estimate of drug-likeness (QED) is 0.184. The zero-order chi connectivity index (χ0) is 5.86. The van der Waals surface area contributed by atoms with E-state index in [2.05, 4.69) is 16.6 Å². The molecule has 6 heteroatoms. The lowest BCUT2D eigenvalue weighted by molar-refractivity contribution is -0.782. The molecule has 6 N–H and O–H groups in total. The second-order valence-electron chi connectivity index (χ2n) is 0.819. The first-order valence-corrected chi connectivity index (χ1v) is 1.43. The van der Waals surface area contributed by atoms with Gasteiger partial charge in [-0.15, -0.1) is 0 Å². The van der Waals surface area contributed by atoms with Crippen LogP contribution in [0.2, 0.25) is 0 Å². The lowest BCUT2D eigenvalue weighted by Crippen LogP contribution is -3.14. The van der Waals surface area contributed by atoms with Crippen molar-refractivity contribution in [2.24, 2.45) is 11.7 Å². The molecule has 0 aromatic carbocycles. The summed E-state index contributed by atoms with van der Waals surface area (Å²) >= 11 is 0. The number of rotatable bonds is 0. The van der Waals surface area contributed by atoms with Gasteiger partial charge in [-0.25, -0.2) is 5.12 Å². The van der Waals surface area contributed by atoms with Gasteiger partial charge in [0.05, 0.1) is 0 Å². The van der Waals surface area contributed by atoms with Gasteiger partial charge in [0.25, 0.3) is 0 Å². The lowest BCUT2D eigenvalue weighted by Gasteiger charge is -2.05. The fraction of sp³-hybridized carbons (Fsp3) is 0. The molecule has 0 radical (unpaired) electrons. The van der Waals surface area contributed by atoms with Crippen molar-refractivity contribution in [2.45, 2.75) is 0 Å². The summed E-state index contributed by atoms with van der Waals surface area (Å²) in [7, 11) is 0. The number of nitrogens with two attached hydrogens (primary N) is 2. The van der Waals surface area contributed by atoms with Gasteiger partial charge in [0.15, 0.2) is 0 Å². The van der Waals surface area contributed by atoms with Gasteiger partial charge in [0, 0.05) is 0 Å². The molecule has 1 amide bonds. The van der Waals surface area contributed by atoms with Crippen molar-refractivity contribution in [2.75, 3.05) is 0 Å². The summed E-state index contributed by atoms with van der Waals surface area (Å²) in [6.45, 7) is 0. The molecule has 1 atom stereocenters. The molecular weight excluding hydrogens is 100 g/mol. The van der Waals surface area contributed by atoms with Crippen molar-refractivity contribution in [1.29, 1.82) is 0 Å². The van der Waals surface area contributed by atoms with E-state index in [1.54, 1.807) is 0 Å². The first-order valence-electron chi connectivity index (χ1n) is 1.43. The van der Waals surface area contributed by atoms with Gasteiger partial charge in [-0.3, -0.25) is 0 Å². The number of quaternary nitrogens is 1. The maximum atomic E-state index is 9.81. The molecule has 0 rings (SSSR count). The third-order valence-electron chi connectivity index (χ3n) is 0.327. The molecule has 42 valence electrons. The van der Waals surface area contributed by atoms with E-state index in [9.17, 15) is 4.79 Å². The Hall–Kier alpha value is -0.690. The highest BCUT2D eigenvalue weighted by molar-refractivity contribution is 5.55. The van der Waals surface area contributed by atoms with E-state index in [4.69, 9.17) is 5.84 Å². The second kappa shape index (κ2) is 2.48. The van der Waals surface area contributed by atoms with Crippen molar-refractivity contribution in [3.05, 3.63) is 5.84 Å². The average molecular weight is 106 g/mol. The van der Waals surface area contributed by atoms with Crippen molar-refractivity contribution in [3.63, 3.8) is 0 Å². The van der Waals surface area contributed by atoms with E-state index >= 15 is 0 Å². The lowest BCUT2D eigenvalue weighted by atomic mass is 11.2. The van der Waals surface area contributed by atoms with Crippen molar-refractivity contribution in [3.8, 4) is 0 Å². The maximum Gasteiger partial charge on any atom is 0.542 e. The molecule has 0 aliphatic carbocycles. The minimum Gasteiger partial charge on any atom is -0.438 e. The molecule has 1 unspecified atom stereocenters. The van der Waals surface area contributed by atoms with Crippen LogP contribution < -0.4 is 16.9 Å². The largest absolute Gasteiger partial charge is 0.542 e. The normalized spacial score (nSPS) is 13.0. The molecule has 0 saturated carbocycles. The van der Waals surface area contributed by atoms with Crippen LogP contribution in [0.5, 0.6) is 0 Å². The highest BCUT2D eigenvalue weighted by Crippen LogP contribution is 1.51. The van der Waals surface area contributed by atoms with E-state index in [1.165, 1.54) is 0 Å².